The molecular weight excluding hydrogens is 251 g/mol. The van der Waals surface area contributed by atoms with E-state index in [9.17, 15) is 18.0 Å². The Kier molecular flexibility index (Phi) is 3.47. The standard InChI is InChI=1S/C10H14F3N3O2/c11-10(12,13)6-15-8(17)7-5-9(18-16-7)1-3-14-4-2-9/h14H,1-6H2,(H,15,17). The van der Waals surface area contributed by atoms with Crippen LogP contribution in [0.4, 0.5) is 13.2 Å². The van der Waals surface area contributed by atoms with Gasteiger partial charge in [-0.2, -0.15) is 13.2 Å². The highest BCUT2D eigenvalue weighted by Gasteiger charge is 2.42. The third-order valence-electron chi connectivity index (χ3n) is 3.07. The van der Waals surface area contributed by atoms with E-state index in [0.29, 0.717) is 12.8 Å². The Bertz CT molecular complexity index is 362. The Morgan fingerprint density at radius 2 is 2.11 bits per heavy atom. The Balaban J connectivity index is 1.86. The zero-order valence-corrected chi connectivity index (χ0v) is 9.64. The van der Waals surface area contributed by atoms with Crippen LogP contribution < -0.4 is 10.6 Å². The predicted molar refractivity (Wildman–Crippen MR) is 57.0 cm³/mol. The molecule has 0 radical (unpaired) electrons. The maximum absolute atomic E-state index is 12.0. The van der Waals surface area contributed by atoms with Crippen molar-refractivity contribution in [2.24, 2.45) is 5.16 Å². The van der Waals surface area contributed by atoms with Crippen molar-refractivity contribution in [3.05, 3.63) is 0 Å². The van der Waals surface area contributed by atoms with Crippen molar-refractivity contribution in [2.45, 2.75) is 31.0 Å². The van der Waals surface area contributed by atoms with Gasteiger partial charge in [0.1, 0.15) is 17.9 Å². The Labute approximate surface area is 102 Å². The van der Waals surface area contributed by atoms with Gasteiger partial charge in [0, 0.05) is 19.3 Å². The van der Waals surface area contributed by atoms with E-state index >= 15 is 0 Å². The predicted octanol–water partition coefficient (Wildman–Crippen LogP) is 0.563. The lowest BCUT2D eigenvalue weighted by Crippen LogP contribution is -2.44. The highest BCUT2D eigenvalue weighted by atomic mass is 19.4. The van der Waals surface area contributed by atoms with Crippen LogP contribution in [0.15, 0.2) is 5.16 Å². The van der Waals surface area contributed by atoms with Crippen molar-refractivity contribution in [3.8, 4) is 0 Å². The molecular formula is C10H14F3N3O2. The minimum absolute atomic E-state index is 0.0427. The van der Waals surface area contributed by atoms with Crippen LogP contribution in [0.2, 0.25) is 0 Å². The zero-order chi connectivity index (χ0) is 13.2. The van der Waals surface area contributed by atoms with Gasteiger partial charge in [-0.15, -0.1) is 0 Å². The maximum atomic E-state index is 12.0. The number of rotatable bonds is 2. The van der Waals surface area contributed by atoms with Gasteiger partial charge in [0.05, 0.1) is 0 Å². The summed E-state index contributed by atoms with van der Waals surface area (Å²) in [5.74, 6) is -0.803. The van der Waals surface area contributed by atoms with Crippen molar-refractivity contribution in [1.29, 1.82) is 0 Å². The molecule has 0 unspecified atom stereocenters. The minimum Gasteiger partial charge on any atom is -0.388 e. The lowest BCUT2D eigenvalue weighted by atomic mass is 9.87. The summed E-state index contributed by atoms with van der Waals surface area (Å²) in [4.78, 5) is 16.7. The second kappa shape index (κ2) is 4.75. The van der Waals surface area contributed by atoms with E-state index in [1.165, 1.54) is 0 Å². The first-order valence-corrected chi connectivity index (χ1v) is 5.71. The number of hydrogen-bond acceptors (Lipinski definition) is 4. The molecule has 0 aromatic rings. The summed E-state index contributed by atoms with van der Waals surface area (Å²) in [5.41, 5.74) is -0.461. The van der Waals surface area contributed by atoms with Crippen LogP contribution in [0.25, 0.3) is 0 Å². The first kappa shape index (κ1) is 13.1. The molecule has 5 nitrogen and oxygen atoms in total. The zero-order valence-electron chi connectivity index (χ0n) is 9.64. The number of piperidine rings is 1. The van der Waals surface area contributed by atoms with E-state index in [4.69, 9.17) is 4.84 Å². The molecule has 1 fully saturated rings. The molecule has 0 atom stereocenters. The van der Waals surface area contributed by atoms with Gasteiger partial charge < -0.3 is 15.5 Å². The van der Waals surface area contributed by atoms with Crippen LogP contribution in [0.3, 0.4) is 0 Å². The third-order valence-corrected chi connectivity index (χ3v) is 3.07. The van der Waals surface area contributed by atoms with Gasteiger partial charge in [0.25, 0.3) is 5.91 Å². The number of carbonyl (C=O) groups excluding carboxylic acids is 1. The molecule has 2 N–H and O–H groups in total. The monoisotopic (exact) mass is 265 g/mol. The van der Waals surface area contributed by atoms with E-state index in [-0.39, 0.29) is 12.1 Å². The van der Waals surface area contributed by atoms with Crippen LogP contribution in [0.5, 0.6) is 0 Å². The molecule has 0 bridgehead atoms. The van der Waals surface area contributed by atoms with Gasteiger partial charge in [-0.05, 0) is 13.1 Å². The summed E-state index contributed by atoms with van der Waals surface area (Å²) >= 11 is 0. The van der Waals surface area contributed by atoms with Gasteiger partial charge in [0.15, 0.2) is 0 Å². The normalized spacial score (nSPS) is 22.5. The highest BCUT2D eigenvalue weighted by Crippen LogP contribution is 2.32. The summed E-state index contributed by atoms with van der Waals surface area (Å²) in [6, 6.07) is 0. The molecule has 2 aliphatic rings. The largest absolute Gasteiger partial charge is 0.405 e. The van der Waals surface area contributed by atoms with Gasteiger partial charge in [-0.25, -0.2) is 0 Å². The minimum atomic E-state index is -4.41. The number of nitrogens with one attached hydrogen (secondary N) is 2. The molecule has 2 rings (SSSR count). The van der Waals surface area contributed by atoms with Crippen LogP contribution in [0, 0.1) is 0 Å². The molecule has 0 aromatic carbocycles. The van der Waals surface area contributed by atoms with Gasteiger partial charge >= 0.3 is 6.18 Å². The molecule has 0 aromatic heterocycles. The van der Waals surface area contributed by atoms with E-state index < -0.39 is 24.2 Å². The average molecular weight is 265 g/mol. The number of hydrogen-bond donors (Lipinski definition) is 2. The van der Waals surface area contributed by atoms with Crippen molar-refractivity contribution in [3.63, 3.8) is 0 Å². The molecule has 102 valence electrons. The summed E-state index contributed by atoms with van der Waals surface area (Å²) in [6.07, 6.45) is -2.74. The number of oxime groups is 1. The number of halogens is 3. The van der Waals surface area contributed by atoms with E-state index in [1.54, 1.807) is 5.32 Å². The number of nitrogens with zero attached hydrogens (tertiary/aromatic N) is 1. The second-order valence-corrected chi connectivity index (χ2v) is 4.54. The molecule has 1 saturated heterocycles. The number of amides is 1. The average Bonchev–Trinajstić information content (AvgIpc) is 2.70. The van der Waals surface area contributed by atoms with Gasteiger partial charge in [0.2, 0.25) is 0 Å². The van der Waals surface area contributed by atoms with Crippen molar-refractivity contribution in [1.82, 2.24) is 10.6 Å². The Hall–Kier alpha value is -1.31. The summed E-state index contributed by atoms with van der Waals surface area (Å²) in [7, 11) is 0. The number of alkyl halides is 3. The SMILES string of the molecule is O=C(NCC(F)(F)F)C1=NOC2(CCNCC2)C1. The Morgan fingerprint density at radius 1 is 1.44 bits per heavy atom. The Morgan fingerprint density at radius 3 is 2.72 bits per heavy atom. The van der Waals surface area contributed by atoms with Crippen molar-refractivity contribution >= 4 is 11.6 Å². The van der Waals surface area contributed by atoms with E-state index in [1.807, 2.05) is 0 Å². The second-order valence-electron chi connectivity index (χ2n) is 4.54. The van der Waals surface area contributed by atoms with Crippen LogP contribution >= 0.6 is 0 Å². The van der Waals surface area contributed by atoms with Gasteiger partial charge in [-0.3, -0.25) is 4.79 Å². The first-order chi connectivity index (χ1) is 8.40. The maximum Gasteiger partial charge on any atom is 0.405 e. The molecule has 1 amide bonds. The third kappa shape index (κ3) is 3.12. The van der Waals surface area contributed by atoms with Crippen molar-refractivity contribution in [2.75, 3.05) is 19.6 Å². The van der Waals surface area contributed by atoms with E-state index in [0.717, 1.165) is 13.1 Å². The summed E-state index contributed by atoms with van der Waals surface area (Å²) < 4.78 is 35.9. The molecule has 1 spiro atoms. The fraction of sp³-hybridized carbons (Fsp3) is 0.800. The quantitative estimate of drug-likeness (QED) is 0.767. The molecule has 8 heteroatoms. The van der Waals surface area contributed by atoms with Gasteiger partial charge in [-0.1, -0.05) is 5.16 Å². The molecule has 0 saturated carbocycles. The molecule has 2 aliphatic heterocycles. The molecule has 18 heavy (non-hydrogen) atoms. The van der Waals surface area contributed by atoms with Crippen molar-refractivity contribution < 1.29 is 22.8 Å². The smallest absolute Gasteiger partial charge is 0.388 e. The molecule has 0 aliphatic carbocycles. The fourth-order valence-corrected chi connectivity index (χ4v) is 2.08. The van der Waals surface area contributed by atoms with E-state index in [2.05, 4.69) is 10.5 Å². The molecule has 2 heterocycles. The summed E-state index contributed by atoms with van der Waals surface area (Å²) in [6.45, 7) is 0.166. The fourth-order valence-electron chi connectivity index (χ4n) is 2.08. The van der Waals surface area contributed by atoms with Crippen LogP contribution in [0.1, 0.15) is 19.3 Å². The lowest BCUT2D eigenvalue weighted by Gasteiger charge is -2.30. The first-order valence-electron chi connectivity index (χ1n) is 5.71. The van der Waals surface area contributed by atoms with Crippen LogP contribution in [-0.4, -0.2) is 43.0 Å². The summed E-state index contributed by atoms with van der Waals surface area (Å²) in [5, 5.41) is 8.56. The number of carbonyl (C=O) groups is 1. The topological polar surface area (TPSA) is 62.7 Å². The lowest BCUT2D eigenvalue weighted by molar-refractivity contribution is -0.134. The highest BCUT2D eigenvalue weighted by molar-refractivity contribution is 6.39. The van der Waals surface area contributed by atoms with Crippen LogP contribution in [-0.2, 0) is 9.63 Å².